The maximum absolute atomic E-state index is 10.8. The minimum atomic E-state index is -1.55. The largest absolute Gasteiger partial charge is 0.479 e. The van der Waals surface area contributed by atoms with Crippen molar-refractivity contribution in [1.29, 1.82) is 0 Å². The van der Waals surface area contributed by atoms with Gasteiger partial charge in [0.2, 0.25) is 0 Å². The molecule has 0 aliphatic rings. The van der Waals surface area contributed by atoms with E-state index in [4.69, 9.17) is 5.11 Å². The van der Waals surface area contributed by atoms with Crippen LogP contribution >= 0.6 is 0 Å². The second-order valence-electron chi connectivity index (χ2n) is 9.75. The Kier molecular flexibility index (Phi) is 21.2. The Morgan fingerprint density at radius 3 is 1.00 bits per heavy atom. The van der Waals surface area contributed by atoms with Crippen LogP contribution in [0.4, 0.5) is 0 Å². The lowest BCUT2D eigenvalue weighted by atomic mass is 9.97. The number of aliphatic carboxylic acids is 1. The van der Waals surface area contributed by atoms with Gasteiger partial charge in [-0.25, -0.2) is 4.79 Å². The molecule has 0 aromatic carbocycles. The van der Waals surface area contributed by atoms with Crippen molar-refractivity contribution in [3.8, 4) is 0 Å². The number of carboxylic acids is 1. The first kappa shape index (κ1) is 29.4. The molecule has 0 spiro atoms. The lowest BCUT2D eigenvalue weighted by molar-refractivity contribution is -0.157. The van der Waals surface area contributed by atoms with Crippen LogP contribution in [0.3, 0.4) is 0 Å². The van der Waals surface area contributed by atoms with E-state index >= 15 is 0 Å². The van der Waals surface area contributed by atoms with E-state index in [1.165, 1.54) is 129 Å². The van der Waals surface area contributed by atoms with Crippen molar-refractivity contribution in [3.63, 3.8) is 0 Å². The van der Waals surface area contributed by atoms with E-state index in [1.54, 1.807) is 0 Å². The van der Waals surface area contributed by atoms with Gasteiger partial charge in [-0.1, -0.05) is 142 Å². The molecule has 0 amide bonds. The van der Waals surface area contributed by atoms with Crippen molar-refractivity contribution in [2.45, 2.75) is 167 Å². The van der Waals surface area contributed by atoms with Crippen LogP contribution in [0.25, 0.3) is 0 Å². The van der Waals surface area contributed by atoms with Gasteiger partial charge >= 0.3 is 5.97 Å². The third kappa shape index (κ3) is 20.7. The smallest absolute Gasteiger partial charge is 0.335 e. The Labute approximate surface area is 188 Å². The quantitative estimate of drug-likeness (QED) is 0.152. The van der Waals surface area contributed by atoms with Gasteiger partial charge in [-0.15, -0.1) is 0 Å². The number of aliphatic hydroxyl groups is 1. The summed E-state index contributed by atoms with van der Waals surface area (Å²) in [6, 6.07) is 0. The molecule has 0 bridgehead atoms. The monoisotopic (exact) mass is 426 g/mol. The van der Waals surface area contributed by atoms with E-state index in [9.17, 15) is 9.90 Å². The molecule has 0 aliphatic heterocycles. The SMILES string of the molecule is CCCCCCCCCCCCCCCCCCCCCCCCC(C)(O)C(=O)O. The lowest BCUT2D eigenvalue weighted by Gasteiger charge is -2.17. The third-order valence-electron chi connectivity index (χ3n) is 6.48. The Morgan fingerprint density at radius 2 is 0.767 bits per heavy atom. The summed E-state index contributed by atoms with van der Waals surface area (Å²) in [6.07, 6.45) is 30.1. The molecule has 0 fully saturated rings. The van der Waals surface area contributed by atoms with E-state index in [0.717, 1.165) is 19.3 Å². The van der Waals surface area contributed by atoms with Gasteiger partial charge in [-0.05, 0) is 19.8 Å². The Bertz CT molecular complexity index is 365. The zero-order valence-electron chi connectivity index (χ0n) is 20.6. The van der Waals surface area contributed by atoms with E-state index in [0.29, 0.717) is 6.42 Å². The molecule has 0 saturated heterocycles. The van der Waals surface area contributed by atoms with Crippen LogP contribution in [-0.2, 0) is 4.79 Å². The molecule has 30 heavy (non-hydrogen) atoms. The molecule has 0 aromatic rings. The highest BCUT2D eigenvalue weighted by atomic mass is 16.4. The van der Waals surface area contributed by atoms with Gasteiger partial charge in [-0.2, -0.15) is 0 Å². The van der Waals surface area contributed by atoms with E-state index in [2.05, 4.69) is 6.92 Å². The molecule has 0 aliphatic carbocycles. The molecular weight excluding hydrogens is 372 g/mol. The van der Waals surface area contributed by atoms with Gasteiger partial charge in [0, 0.05) is 0 Å². The molecule has 3 nitrogen and oxygen atoms in total. The lowest BCUT2D eigenvalue weighted by Crippen LogP contribution is -2.34. The zero-order valence-corrected chi connectivity index (χ0v) is 20.6. The van der Waals surface area contributed by atoms with Gasteiger partial charge in [0.1, 0.15) is 0 Å². The summed E-state index contributed by atoms with van der Waals surface area (Å²) in [7, 11) is 0. The average molecular weight is 427 g/mol. The maximum Gasteiger partial charge on any atom is 0.335 e. The third-order valence-corrected chi connectivity index (χ3v) is 6.48. The zero-order chi connectivity index (χ0) is 22.3. The Hall–Kier alpha value is -0.570. The highest BCUT2D eigenvalue weighted by Gasteiger charge is 2.28. The van der Waals surface area contributed by atoms with Crippen molar-refractivity contribution >= 4 is 5.97 Å². The van der Waals surface area contributed by atoms with E-state index in [1.807, 2.05) is 0 Å². The summed E-state index contributed by atoms with van der Waals surface area (Å²) in [5.74, 6) is -1.11. The maximum atomic E-state index is 10.8. The van der Waals surface area contributed by atoms with Crippen LogP contribution < -0.4 is 0 Å². The molecule has 1 atom stereocenters. The van der Waals surface area contributed by atoms with Crippen molar-refractivity contribution in [3.05, 3.63) is 0 Å². The molecule has 3 heteroatoms. The van der Waals surface area contributed by atoms with Crippen molar-refractivity contribution < 1.29 is 15.0 Å². The second-order valence-corrected chi connectivity index (χ2v) is 9.75. The van der Waals surface area contributed by atoms with Crippen LogP contribution in [-0.4, -0.2) is 21.8 Å². The van der Waals surface area contributed by atoms with Crippen LogP contribution in [0.1, 0.15) is 162 Å². The predicted molar refractivity (Wildman–Crippen MR) is 130 cm³/mol. The van der Waals surface area contributed by atoms with Crippen LogP contribution in [0.5, 0.6) is 0 Å². The van der Waals surface area contributed by atoms with Gasteiger partial charge in [0.25, 0.3) is 0 Å². The molecule has 0 saturated carbocycles. The van der Waals surface area contributed by atoms with Gasteiger partial charge in [0.15, 0.2) is 5.60 Å². The predicted octanol–water partition coefficient (Wildman–Crippen LogP) is 8.81. The molecule has 1 unspecified atom stereocenters. The normalized spacial score (nSPS) is 13.4. The summed E-state index contributed by atoms with van der Waals surface area (Å²) in [6.45, 7) is 3.68. The van der Waals surface area contributed by atoms with Gasteiger partial charge in [-0.3, -0.25) is 0 Å². The number of carbonyl (C=O) groups is 1. The van der Waals surface area contributed by atoms with Crippen LogP contribution in [0.15, 0.2) is 0 Å². The Morgan fingerprint density at radius 1 is 0.533 bits per heavy atom. The highest BCUT2D eigenvalue weighted by Crippen LogP contribution is 2.17. The van der Waals surface area contributed by atoms with E-state index in [-0.39, 0.29) is 0 Å². The van der Waals surface area contributed by atoms with Crippen molar-refractivity contribution in [2.24, 2.45) is 0 Å². The fourth-order valence-electron chi connectivity index (χ4n) is 4.18. The van der Waals surface area contributed by atoms with Gasteiger partial charge < -0.3 is 10.2 Å². The first-order chi connectivity index (χ1) is 14.5. The number of hydrogen-bond acceptors (Lipinski definition) is 2. The molecule has 0 aromatic heterocycles. The average Bonchev–Trinajstić information content (AvgIpc) is 2.71. The minimum Gasteiger partial charge on any atom is -0.479 e. The Balaban J connectivity index is 3.11. The molecular formula is C27H54O3. The summed E-state index contributed by atoms with van der Waals surface area (Å²) in [4.78, 5) is 10.8. The number of carboxylic acid groups (broad SMARTS) is 1. The molecule has 180 valence electrons. The number of hydrogen-bond donors (Lipinski definition) is 2. The molecule has 0 rings (SSSR count). The van der Waals surface area contributed by atoms with Crippen LogP contribution in [0.2, 0.25) is 0 Å². The van der Waals surface area contributed by atoms with Crippen LogP contribution in [0, 0.1) is 0 Å². The van der Waals surface area contributed by atoms with Crippen molar-refractivity contribution in [1.82, 2.24) is 0 Å². The van der Waals surface area contributed by atoms with Gasteiger partial charge in [0.05, 0.1) is 0 Å². The second kappa shape index (κ2) is 21.7. The summed E-state index contributed by atoms with van der Waals surface area (Å²) < 4.78 is 0. The fourth-order valence-corrected chi connectivity index (χ4v) is 4.18. The molecule has 0 heterocycles. The minimum absolute atomic E-state index is 0.363. The number of unbranched alkanes of at least 4 members (excludes halogenated alkanes) is 21. The van der Waals surface area contributed by atoms with E-state index < -0.39 is 11.6 Å². The summed E-state index contributed by atoms with van der Waals surface area (Å²) >= 11 is 0. The summed E-state index contributed by atoms with van der Waals surface area (Å²) in [5, 5.41) is 18.5. The molecule has 2 N–H and O–H groups in total. The van der Waals surface area contributed by atoms with Crippen molar-refractivity contribution in [2.75, 3.05) is 0 Å². The fraction of sp³-hybridized carbons (Fsp3) is 0.963. The highest BCUT2D eigenvalue weighted by molar-refractivity contribution is 5.76. The first-order valence-electron chi connectivity index (χ1n) is 13.5. The topological polar surface area (TPSA) is 57.5 Å². The molecule has 0 radical (unpaired) electrons. The standard InChI is InChI=1S/C27H54O3/c1-3-4-5-6-7-8-9-10-11-12-13-14-15-16-17-18-19-20-21-22-23-24-25-27(2,30)26(28)29/h30H,3-25H2,1-2H3,(H,28,29). The summed E-state index contributed by atoms with van der Waals surface area (Å²) in [5.41, 5.74) is -1.55. The number of rotatable bonds is 24. The first-order valence-corrected chi connectivity index (χ1v) is 13.5.